The van der Waals surface area contributed by atoms with Crippen LogP contribution in [0.3, 0.4) is 0 Å². The number of halogens is 6. The molecule has 0 bridgehead atoms. The fraction of sp³-hybridized carbons (Fsp3) is 0.343. The quantitative estimate of drug-likeness (QED) is 0.0737. The Labute approximate surface area is 278 Å². The first-order valence-corrected chi connectivity index (χ1v) is 15.8. The lowest BCUT2D eigenvalue weighted by Gasteiger charge is -2.25. The third-order valence-corrected chi connectivity index (χ3v) is 8.14. The Hall–Kier alpha value is -4.06. The van der Waals surface area contributed by atoms with Crippen molar-refractivity contribution in [3.8, 4) is 11.1 Å². The van der Waals surface area contributed by atoms with Crippen LogP contribution in [0.2, 0.25) is 0 Å². The summed E-state index contributed by atoms with van der Waals surface area (Å²) in [6.45, 7) is 10.6. The van der Waals surface area contributed by atoms with E-state index in [1.165, 1.54) is 36.4 Å². The number of carbonyl (C=O) groups is 2. The SMILES string of the molecule is C=CCCCCc1cc(F)cc(C)c1-c1ccc(F)c([C@H](CC(=O)OCC)NC(=O)[C@H](CC=C)n2cc(Br)c(C(F)(F)F)cc2=O)c1. The molecule has 0 aliphatic carbocycles. The first kappa shape index (κ1) is 37.4. The number of nitrogens with zero attached hydrogens (tertiary/aromatic N) is 1. The minimum absolute atomic E-state index is 0.0140. The standard InChI is InChI=1S/C35H36BrF5N2O4/c1-5-8-9-10-12-22-16-24(37)15-21(4)33(22)23-13-14-28(38)25(17-23)29(19-32(45)47-7-3)42-34(46)30(11-6-2)43-20-27(36)26(18-31(43)44)35(39,40)41/h5-6,13-18,20,29-30H,1-2,7-12,19H2,3-4H3,(H,42,46)/t29-,30-/m0/s1. The first-order valence-electron chi connectivity index (χ1n) is 15.0. The Morgan fingerprint density at radius 1 is 1.09 bits per heavy atom. The van der Waals surface area contributed by atoms with Crippen molar-refractivity contribution in [1.29, 1.82) is 0 Å². The highest BCUT2D eigenvalue weighted by Gasteiger charge is 2.35. The molecule has 47 heavy (non-hydrogen) atoms. The van der Waals surface area contributed by atoms with Gasteiger partial charge in [-0.05, 0) is 108 Å². The summed E-state index contributed by atoms with van der Waals surface area (Å²) >= 11 is 2.83. The molecule has 0 radical (unpaired) electrons. The van der Waals surface area contributed by atoms with Crippen molar-refractivity contribution in [2.45, 2.75) is 70.6 Å². The summed E-state index contributed by atoms with van der Waals surface area (Å²) in [4.78, 5) is 39.2. The summed E-state index contributed by atoms with van der Waals surface area (Å²) in [6.07, 6.45) is 1.38. The number of hydrogen-bond donors (Lipinski definition) is 1. The number of benzene rings is 2. The number of nitrogens with one attached hydrogen (secondary N) is 1. The Morgan fingerprint density at radius 2 is 1.81 bits per heavy atom. The van der Waals surface area contributed by atoms with Gasteiger partial charge in [0.05, 0.1) is 24.6 Å². The molecule has 2 aromatic carbocycles. The van der Waals surface area contributed by atoms with Gasteiger partial charge in [0, 0.05) is 22.3 Å². The van der Waals surface area contributed by atoms with Crippen molar-refractivity contribution in [3.05, 3.63) is 117 Å². The molecule has 3 aromatic rings. The van der Waals surface area contributed by atoms with Gasteiger partial charge in [0.2, 0.25) is 5.91 Å². The van der Waals surface area contributed by atoms with E-state index in [0.717, 1.165) is 30.0 Å². The third kappa shape index (κ3) is 9.73. The molecule has 0 spiro atoms. The Balaban J connectivity index is 2.09. The zero-order chi connectivity index (χ0) is 34.9. The molecule has 0 aliphatic heterocycles. The topological polar surface area (TPSA) is 77.4 Å². The van der Waals surface area contributed by atoms with Crippen molar-refractivity contribution in [3.63, 3.8) is 0 Å². The number of aryl methyl sites for hydroxylation is 2. The number of allylic oxidation sites excluding steroid dienone is 2. The molecular formula is C35H36BrF5N2O4. The van der Waals surface area contributed by atoms with Gasteiger partial charge < -0.3 is 14.6 Å². The monoisotopic (exact) mass is 722 g/mol. The number of pyridine rings is 1. The van der Waals surface area contributed by atoms with Gasteiger partial charge in [-0.2, -0.15) is 13.2 Å². The molecule has 6 nitrogen and oxygen atoms in total. The van der Waals surface area contributed by atoms with Crippen LogP contribution in [0.15, 0.2) is 77.2 Å². The van der Waals surface area contributed by atoms with Crippen molar-refractivity contribution < 1.29 is 36.3 Å². The number of hydrogen-bond acceptors (Lipinski definition) is 4. The van der Waals surface area contributed by atoms with Crippen molar-refractivity contribution in [2.75, 3.05) is 6.61 Å². The fourth-order valence-electron chi connectivity index (χ4n) is 5.37. The number of amides is 1. The zero-order valence-corrected chi connectivity index (χ0v) is 27.6. The third-order valence-electron chi connectivity index (χ3n) is 7.50. The number of esters is 1. The molecule has 0 unspecified atom stereocenters. The molecule has 0 saturated carbocycles. The predicted molar refractivity (Wildman–Crippen MR) is 174 cm³/mol. The van der Waals surface area contributed by atoms with Gasteiger partial charge in [-0.1, -0.05) is 18.2 Å². The molecule has 3 rings (SSSR count). The van der Waals surface area contributed by atoms with Gasteiger partial charge in [-0.15, -0.1) is 13.2 Å². The number of unbranched alkanes of at least 4 members (excludes halogenated alkanes) is 2. The number of alkyl halides is 3. The van der Waals surface area contributed by atoms with Crippen LogP contribution >= 0.6 is 15.9 Å². The summed E-state index contributed by atoms with van der Waals surface area (Å²) in [6, 6.07) is 4.63. The highest BCUT2D eigenvalue weighted by Crippen LogP contribution is 2.35. The smallest absolute Gasteiger partial charge is 0.417 e. The van der Waals surface area contributed by atoms with Gasteiger partial charge in [-0.3, -0.25) is 14.4 Å². The summed E-state index contributed by atoms with van der Waals surface area (Å²) in [7, 11) is 0. The van der Waals surface area contributed by atoms with E-state index in [9.17, 15) is 31.9 Å². The maximum absolute atomic E-state index is 15.6. The molecule has 12 heteroatoms. The predicted octanol–water partition coefficient (Wildman–Crippen LogP) is 8.71. The highest BCUT2D eigenvalue weighted by atomic mass is 79.9. The number of carbonyl (C=O) groups excluding carboxylic acids is 2. The molecule has 1 heterocycles. The molecule has 0 fully saturated rings. The fourth-order valence-corrected chi connectivity index (χ4v) is 5.93. The lowest BCUT2D eigenvalue weighted by atomic mass is 9.89. The Morgan fingerprint density at radius 3 is 2.45 bits per heavy atom. The molecule has 252 valence electrons. The number of rotatable bonds is 15. The van der Waals surface area contributed by atoms with Gasteiger partial charge in [-0.25, -0.2) is 8.78 Å². The average Bonchev–Trinajstić information content (AvgIpc) is 2.98. The van der Waals surface area contributed by atoms with Gasteiger partial charge in [0.1, 0.15) is 17.7 Å². The molecule has 1 N–H and O–H groups in total. The Kier molecular flexibility index (Phi) is 13.3. The lowest BCUT2D eigenvalue weighted by molar-refractivity contribution is -0.144. The second kappa shape index (κ2) is 16.7. The van der Waals surface area contributed by atoms with Crippen molar-refractivity contribution >= 4 is 27.8 Å². The summed E-state index contributed by atoms with van der Waals surface area (Å²) in [5.41, 5.74) is 0.101. The average molecular weight is 724 g/mol. The van der Waals surface area contributed by atoms with E-state index in [1.54, 1.807) is 19.9 Å². The number of ether oxygens (including phenoxy) is 1. The highest BCUT2D eigenvalue weighted by molar-refractivity contribution is 9.10. The molecule has 1 amide bonds. The van der Waals surface area contributed by atoms with Crippen LogP contribution in [-0.4, -0.2) is 23.1 Å². The molecule has 1 aromatic heterocycles. The minimum Gasteiger partial charge on any atom is -0.466 e. The van der Waals surface area contributed by atoms with Crippen LogP contribution in [0.5, 0.6) is 0 Å². The largest absolute Gasteiger partial charge is 0.466 e. The van der Waals surface area contributed by atoms with Gasteiger partial charge in [0.15, 0.2) is 0 Å². The summed E-state index contributed by atoms with van der Waals surface area (Å²) in [5.74, 6) is -2.81. The van der Waals surface area contributed by atoms with Crippen molar-refractivity contribution in [1.82, 2.24) is 9.88 Å². The van der Waals surface area contributed by atoms with Gasteiger partial charge in [0.25, 0.3) is 5.56 Å². The van der Waals surface area contributed by atoms with E-state index >= 15 is 4.39 Å². The molecule has 2 atom stereocenters. The number of aromatic nitrogens is 1. The van der Waals surface area contributed by atoms with E-state index in [0.29, 0.717) is 34.7 Å². The zero-order valence-electron chi connectivity index (χ0n) is 26.1. The molecule has 0 aliphatic rings. The normalized spacial score (nSPS) is 12.7. The lowest BCUT2D eigenvalue weighted by Crippen LogP contribution is -2.40. The van der Waals surface area contributed by atoms with Crippen LogP contribution in [0.4, 0.5) is 22.0 Å². The van der Waals surface area contributed by atoms with E-state index < -0.39 is 63.8 Å². The van der Waals surface area contributed by atoms with Crippen LogP contribution in [-0.2, 0) is 26.9 Å². The Bertz CT molecular complexity index is 1690. The van der Waals surface area contributed by atoms with Gasteiger partial charge >= 0.3 is 12.1 Å². The van der Waals surface area contributed by atoms with Crippen LogP contribution < -0.4 is 10.9 Å². The van der Waals surface area contributed by atoms with Crippen molar-refractivity contribution in [2.24, 2.45) is 0 Å². The van der Waals surface area contributed by atoms with E-state index in [4.69, 9.17) is 4.74 Å². The van der Waals surface area contributed by atoms with Crippen LogP contribution in [0.1, 0.15) is 73.4 Å². The van der Waals surface area contributed by atoms with E-state index in [2.05, 4.69) is 34.4 Å². The maximum atomic E-state index is 15.6. The summed E-state index contributed by atoms with van der Waals surface area (Å²) in [5, 5.41) is 2.61. The van der Waals surface area contributed by atoms with Crippen LogP contribution in [0.25, 0.3) is 11.1 Å². The van der Waals surface area contributed by atoms with E-state index in [1.807, 2.05) is 0 Å². The van der Waals surface area contributed by atoms with Crippen LogP contribution in [0, 0.1) is 18.6 Å². The second-order valence-corrected chi connectivity index (χ2v) is 11.8. The molecule has 0 saturated heterocycles. The molecular weight excluding hydrogens is 687 g/mol. The first-order chi connectivity index (χ1) is 22.2. The maximum Gasteiger partial charge on any atom is 0.417 e. The summed E-state index contributed by atoms with van der Waals surface area (Å²) < 4.78 is 75.6. The minimum atomic E-state index is -4.82. The second-order valence-electron chi connectivity index (χ2n) is 10.9. The van der Waals surface area contributed by atoms with E-state index in [-0.39, 0.29) is 18.6 Å².